The van der Waals surface area contributed by atoms with Gasteiger partial charge < -0.3 is 24.6 Å². The van der Waals surface area contributed by atoms with E-state index >= 15 is 0 Å². The molecular weight excluding hydrogens is 404 g/mol. The van der Waals surface area contributed by atoms with Gasteiger partial charge in [0.2, 0.25) is 5.91 Å². The molecule has 2 saturated heterocycles. The SMILES string of the molecule is CCNC(=NCC(C)Oc1ccccc1Cl)N1CCC(C(=O)N2CCOCC2)CC1. The highest BCUT2D eigenvalue weighted by Gasteiger charge is 2.30. The topological polar surface area (TPSA) is 66.4 Å². The molecule has 1 aromatic rings. The van der Waals surface area contributed by atoms with Crippen LogP contribution < -0.4 is 10.1 Å². The highest BCUT2D eigenvalue weighted by atomic mass is 35.5. The number of piperidine rings is 1. The summed E-state index contributed by atoms with van der Waals surface area (Å²) in [6.07, 6.45) is 1.61. The van der Waals surface area contributed by atoms with E-state index in [1.807, 2.05) is 36.1 Å². The lowest BCUT2D eigenvalue weighted by Gasteiger charge is -2.36. The Labute approximate surface area is 184 Å². The van der Waals surface area contributed by atoms with Gasteiger partial charge in [0.05, 0.1) is 24.8 Å². The number of likely N-dealkylation sites (tertiary alicyclic amines) is 1. The Morgan fingerprint density at radius 3 is 2.60 bits per heavy atom. The third-order valence-corrected chi connectivity index (χ3v) is 5.78. The molecule has 0 spiro atoms. The fourth-order valence-electron chi connectivity index (χ4n) is 3.82. The fourth-order valence-corrected chi connectivity index (χ4v) is 4.00. The van der Waals surface area contributed by atoms with E-state index in [0.717, 1.165) is 38.4 Å². The molecule has 1 N–H and O–H groups in total. The van der Waals surface area contributed by atoms with E-state index in [-0.39, 0.29) is 17.9 Å². The Morgan fingerprint density at radius 1 is 1.23 bits per heavy atom. The molecule has 0 radical (unpaired) electrons. The van der Waals surface area contributed by atoms with Crippen LogP contribution >= 0.6 is 11.6 Å². The number of hydrogen-bond donors (Lipinski definition) is 1. The third kappa shape index (κ3) is 6.25. The zero-order valence-electron chi connectivity index (χ0n) is 18.0. The maximum absolute atomic E-state index is 12.8. The second-order valence-electron chi connectivity index (χ2n) is 7.75. The summed E-state index contributed by atoms with van der Waals surface area (Å²) in [5.74, 6) is 1.94. The molecule has 1 amide bonds. The van der Waals surface area contributed by atoms with Crippen LogP contribution in [0.3, 0.4) is 0 Å². The summed E-state index contributed by atoms with van der Waals surface area (Å²) in [5.41, 5.74) is 0. The number of benzene rings is 1. The molecule has 30 heavy (non-hydrogen) atoms. The van der Waals surface area contributed by atoms with E-state index in [1.165, 1.54) is 0 Å². The van der Waals surface area contributed by atoms with E-state index in [2.05, 4.69) is 17.1 Å². The van der Waals surface area contributed by atoms with Gasteiger partial charge in [0.1, 0.15) is 11.9 Å². The monoisotopic (exact) mass is 436 g/mol. The van der Waals surface area contributed by atoms with Crippen LogP contribution in [0.25, 0.3) is 0 Å². The summed E-state index contributed by atoms with van der Waals surface area (Å²) in [7, 11) is 0. The highest BCUT2D eigenvalue weighted by Crippen LogP contribution is 2.24. The predicted molar refractivity (Wildman–Crippen MR) is 119 cm³/mol. The molecule has 2 heterocycles. The average molecular weight is 437 g/mol. The van der Waals surface area contributed by atoms with Crippen LogP contribution in [0.2, 0.25) is 5.02 Å². The van der Waals surface area contributed by atoms with Gasteiger partial charge in [-0.15, -0.1) is 0 Å². The molecular formula is C22H33ClN4O3. The number of carbonyl (C=O) groups is 1. The minimum atomic E-state index is -0.0982. The van der Waals surface area contributed by atoms with Crippen molar-refractivity contribution in [3.05, 3.63) is 29.3 Å². The van der Waals surface area contributed by atoms with Gasteiger partial charge in [-0.25, -0.2) is 4.99 Å². The van der Waals surface area contributed by atoms with Crippen LogP contribution in [0, 0.1) is 5.92 Å². The number of carbonyl (C=O) groups excluding carboxylic acids is 1. The molecule has 0 aliphatic carbocycles. The maximum atomic E-state index is 12.8. The van der Waals surface area contributed by atoms with Crippen LogP contribution in [0.4, 0.5) is 0 Å². The number of morpholine rings is 1. The summed E-state index contributed by atoms with van der Waals surface area (Å²) in [5, 5.41) is 3.98. The van der Waals surface area contributed by atoms with Crippen molar-refractivity contribution in [3.8, 4) is 5.75 Å². The number of amides is 1. The van der Waals surface area contributed by atoms with Gasteiger partial charge in [0, 0.05) is 38.6 Å². The van der Waals surface area contributed by atoms with Gasteiger partial charge in [-0.05, 0) is 38.8 Å². The summed E-state index contributed by atoms with van der Waals surface area (Å²) in [4.78, 5) is 21.7. The molecule has 0 aromatic heterocycles. The number of nitrogens with zero attached hydrogens (tertiary/aromatic N) is 3. The van der Waals surface area contributed by atoms with Crippen molar-refractivity contribution in [2.75, 3.05) is 52.5 Å². The van der Waals surface area contributed by atoms with E-state index < -0.39 is 0 Å². The fraction of sp³-hybridized carbons (Fsp3) is 0.636. The van der Waals surface area contributed by atoms with Crippen molar-refractivity contribution in [2.24, 2.45) is 10.9 Å². The van der Waals surface area contributed by atoms with E-state index in [1.54, 1.807) is 0 Å². The van der Waals surface area contributed by atoms with Crippen LogP contribution in [0.5, 0.6) is 5.75 Å². The lowest BCUT2D eigenvalue weighted by Crippen LogP contribution is -2.50. The molecule has 166 valence electrons. The predicted octanol–water partition coefficient (Wildman–Crippen LogP) is 2.64. The van der Waals surface area contributed by atoms with Gasteiger partial charge in [-0.2, -0.15) is 0 Å². The first-order valence-corrected chi connectivity index (χ1v) is 11.3. The van der Waals surface area contributed by atoms with Crippen molar-refractivity contribution in [3.63, 3.8) is 0 Å². The number of halogens is 1. The zero-order chi connectivity index (χ0) is 21.3. The first-order chi connectivity index (χ1) is 14.6. The minimum absolute atomic E-state index is 0.0982. The zero-order valence-corrected chi connectivity index (χ0v) is 18.7. The molecule has 7 nitrogen and oxygen atoms in total. The Balaban J connectivity index is 1.52. The number of aliphatic imine (C=N–C) groups is 1. The first kappa shape index (κ1) is 22.7. The minimum Gasteiger partial charge on any atom is -0.487 e. The van der Waals surface area contributed by atoms with Crippen molar-refractivity contribution in [1.82, 2.24) is 15.1 Å². The lowest BCUT2D eigenvalue weighted by atomic mass is 9.95. The molecule has 3 rings (SSSR count). The molecule has 1 unspecified atom stereocenters. The van der Waals surface area contributed by atoms with Crippen LogP contribution in [0.1, 0.15) is 26.7 Å². The standard InChI is InChI=1S/C22H33ClN4O3/c1-3-24-22(25-16-17(2)30-20-7-5-4-6-19(20)23)27-10-8-18(9-11-27)21(28)26-12-14-29-15-13-26/h4-7,17-18H,3,8-16H2,1-2H3,(H,24,25). The number of rotatable bonds is 6. The average Bonchev–Trinajstić information content (AvgIpc) is 2.78. The summed E-state index contributed by atoms with van der Waals surface area (Å²) in [6.45, 7) is 9.76. The molecule has 1 aromatic carbocycles. The second-order valence-corrected chi connectivity index (χ2v) is 8.16. The molecule has 8 heteroatoms. The van der Waals surface area contributed by atoms with Gasteiger partial charge in [-0.3, -0.25) is 4.79 Å². The lowest BCUT2D eigenvalue weighted by molar-refractivity contribution is -0.140. The van der Waals surface area contributed by atoms with Crippen LogP contribution in [0.15, 0.2) is 29.3 Å². The number of guanidine groups is 1. The molecule has 2 aliphatic heterocycles. The number of hydrogen-bond acceptors (Lipinski definition) is 4. The normalized spacial score (nSPS) is 19.5. The Morgan fingerprint density at radius 2 is 1.93 bits per heavy atom. The van der Waals surface area contributed by atoms with Gasteiger partial charge in [0.25, 0.3) is 0 Å². The number of ether oxygens (including phenoxy) is 2. The highest BCUT2D eigenvalue weighted by molar-refractivity contribution is 6.32. The quantitative estimate of drug-likeness (QED) is 0.548. The first-order valence-electron chi connectivity index (χ1n) is 10.9. The van der Waals surface area contributed by atoms with Crippen LogP contribution in [-0.2, 0) is 9.53 Å². The van der Waals surface area contributed by atoms with Gasteiger partial charge in [-0.1, -0.05) is 23.7 Å². The molecule has 0 saturated carbocycles. The van der Waals surface area contributed by atoms with E-state index in [0.29, 0.717) is 43.6 Å². The Bertz CT molecular complexity index is 716. The summed E-state index contributed by atoms with van der Waals surface area (Å²) in [6, 6.07) is 7.47. The Hall–Kier alpha value is -1.99. The van der Waals surface area contributed by atoms with E-state index in [4.69, 9.17) is 26.1 Å². The molecule has 2 aliphatic rings. The van der Waals surface area contributed by atoms with Crippen molar-refractivity contribution in [2.45, 2.75) is 32.8 Å². The largest absolute Gasteiger partial charge is 0.487 e. The van der Waals surface area contributed by atoms with Crippen molar-refractivity contribution < 1.29 is 14.3 Å². The molecule has 1 atom stereocenters. The van der Waals surface area contributed by atoms with E-state index in [9.17, 15) is 4.79 Å². The van der Waals surface area contributed by atoms with Crippen molar-refractivity contribution >= 4 is 23.5 Å². The molecule has 2 fully saturated rings. The summed E-state index contributed by atoms with van der Waals surface area (Å²) < 4.78 is 11.3. The van der Waals surface area contributed by atoms with Crippen LogP contribution in [-0.4, -0.2) is 80.3 Å². The second kappa shape index (κ2) is 11.4. The summed E-state index contributed by atoms with van der Waals surface area (Å²) >= 11 is 6.18. The Kier molecular flexibility index (Phi) is 8.63. The third-order valence-electron chi connectivity index (χ3n) is 5.46. The van der Waals surface area contributed by atoms with Gasteiger partial charge >= 0.3 is 0 Å². The van der Waals surface area contributed by atoms with Gasteiger partial charge in [0.15, 0.2) is 5.96 Å². The maximum Gasteiger partial charge on any atom is 0.225 e. The van der Waals surface area contributed by atoms with Crippen molar-refractivity contribution in [1.29, 1.82) is 0 Å². The number of nitrogens with one attached hydrogen (secondary N) is 1. The smallest absolute Gasteiger partial charge is 0.225 e. The molecule has 0 bridgehead atoms. The number of para-hydroxylation sites is 1.